The van der Waals surface area contributed by atoms with Crippen molar-refractivity contribution in [2.45, 2.75) is 32.0 Å². The van der Waals surface area contributed by atoms with Gasteiger partial charge in [-0.1, -0.05) is 24.3 Å². The Morgan fingerprint density at radius 1 is 1.12 bits per heavy atom. The largest absolute Gasteiger partial charge is 0.393 e. The minimum absolute atomic E-state index is 0. The smallest absolute Gasteiger partial charge is 0.191 e. The average molecular weight is 460 g/mol. The summed E-state index contributed by atoms with van der Waals surface area (Å²) in [6.45, 7) is 6.48. The summed E-state index contributed by atoms with van der Waals surface area (Å²) in [5, 5.41) is 9.64. The van der Waals surface area contributed by atoms with Gasteiger partial charge in [0.1, 0.15) is 0 Å². The molecule has 0 bridgehead atoms. The first-order valence-electron chi connectivity index (χ1n) is 8.82. The van der Waals surface area contributed by atoms with E-state index in [9.17, 15) is 5.11 Å². The van der Waals surface area contributed by atoms with Crippen molar-refractivity contribution in [1.29, 1.82) is 0 Å². The van der Waals surface area contributed by atoms with Crippen molar-refractivity contribution in [2.75, 3.05) is 39.4 Å². The average Bonchev–Trinajstić information content (AvgIpc) is 2.63. The van der Waals surface area contributed by atoms with Crippen LogP contribution in [0.3, 0.4) is 0 Å². The number of benzene rings is 1. The lowest BCUT2D eigenvalue weighted by Crippen LogP contribution is -2.44. The van der Waals surface area contributed by atoms with Gasteiger partial charge in [0.05, 0.1) is 25.9 Å². The second kappa shape index (κ2) is 10.3. The summed E-state index contributed by atoms with van der Waals surface area (Å²) < 4.78 is 5.35. The van der Waals surface area contributed by atoms with E-state index >= 15 is 0 Å². The number of aliphatic hydroxyl groups excluding tert-OH is 1. The highest BCUT2D eigenvalue weighted by Gasteiger charge is 2.18. The van der Waals surface area contributed by atoms with E-state index < -0.39 is 0 Å². The van der Waals surface area contributed by atoms with Crippen LogP contribution in [-0.2, 0) is 17.8 Å². The van der Waals surface area contributed by atoms with Crippen molar-refractivity contribution < 1.29 is 9.84 Å². The van der Waals surface area contributed by atoms with Crippen LogP contribution in [0.4, 0.5) is 0 Å². The summed E-state index contributed by atoms with van der Waals surface area (Å²) in [5.41, 5.74) is 8.65. The molecule has 3 rings (SSSR count). The van der Waals surface area contributed by atoms with Crippen LogP contribution < -0.4 is 5.73 Å². The van der Waals surface area contributed by atoms with E-state index in [1.165, 1.54) is 11.1 Å². The molecule has 0 aliphatic carbocycles. The Kier molecular flexibility index (Phi) is 8.41. The zero-order valence-electron chi connectivity index (χ0n) is 14.6. The van der Waals surface area contributed by atoms with Crippen LogP contribution in [0, 0.1) is 0 Å². The van der Waals surface area contributed by atoms with Gasteiger partial charge in [0.2, 0.25) is 0 Å². The molecule has 2 heterocycles. The fraction of sp³-hybridized carbons (Fsp3) is 0.611. The number of likely N-dealkylation sites (tertiary alicyclic amines) is 1. The van der Waals surface area contributed by atoms with Gasteiger partial charge >= 0.3 is 0 Å². The van der Waals surface area contributed by atoms with Crippen LogP contribution in [0.15, 0.2) is 29.3 Å². The third-order valence-corrected chi connectivity index (χ3v) is 4.82. The van der Waals surface area contributed by atoms with Crippen molar-refractivity contribution in [3.63, 3.8) is 0 Å². The van der Waals surface area contributed by atoms with Crippen molar-refractivity contribution >= 4 is 29.9 Å². The summed E-state index contributed by atoms with van der Waals surface area (Å²) in [6.07, 6.45) is 1.60. The molecule has 0 atom stereocenters. The molecule has 2 fully saturated rings. The standard InChI is InChI=1S/C18H28N4O2.HI/c19-18(22-9-11-24-12-10-22)20-13-15-3-1-2-4-16(15)14-21-7-5-17(23)6-8-21;/h1-4,17,23H,5-14H2,(H2,19,20);1H. The molecule has 1 aromatic carbocycles. The Morgan fingerprint density at radius 3 is 2.44 bits per heavy atom. The third-order valence-electron chi connectivity index (χ3n) is 4.82. The molecular formula is C18H29IN4O2. The van der Waals surface area contributed by atoms with Gasteiger partial charge in [-0.05, 0) is 24.0 Å². The molecule has 0 aromatic heterocycles. The number of morpholine rings is 1. The van der Waals surface area contributed by atoms with E-state index in [0.717, 1.165) is 45.6 Å². The first-order chi connectivity index (χ1) is 11.7. The number of nitrogens with two attached hydrogens (primary N) is 1. The molecule has 0 amide bonds. The van der Waals surface area contributed by atoms with E-state index in [4.69, 9.17) is 10.5 Å². The first-order valence-corrected chi connectivity index (χ1v) is 8.82. The topological polar surface area (TPSA) is 74.3 Å². The zero-order valence-corrected chi connectivity index (χ0v) is 17.0. The SMILES string of the molecule is I.NC(=NCc1ccccc1CN1CCC(O)CC1)N1CCOCC1. The lowest BCUT2D eigenvalue weighted by Gasteiger charge is -2.30. The Labute approximate surface area is 167 Å². The van der Waals surface area contributed by atoms with E-state index in [1.807, 2.05) is 0 Å². The van der Waals surface area contributed by atoms with E-state index in [2.05, 4.69) is 39.1 Å². The minimum atomic E-state index is -0.130. The van der Waals surface area contributed by atoms with Gasteiger partial charge in [0, 0.05) is 32.7 Å². The molecule has 7 heteroatoms. The monoisotopic (exact) mass is 460 g/mol. The Bertz CT molecular complexity index is 556. The quantitative estimate of drug-likeness (QED) is 0.404. The van der Waals surface area contributed by atoms with Crippen LogP contribution >= 0.6 is 24.0 Å². The molecule has 1 aromatic rings. The summed E-state index contributed by atoms with van der Waals surface area (Å²) in [4.78, 5) is 9.08. The number of ether oxygens (including phenoxy) is 1. The zero-order chi connectivity index (χ0) is 16.8. The molecule has 6 nitrogen and oxygen atoms in total. The van der Waals surface area contributed by atoms with Gasteiger partial charge in [-0.2, -0.15) is 0 Å². The molecule has 140 valence electrons. The molecule has 0 saturated carbocycles. The van der Waals surface area contributed by atoms with Crippen LogP contribution in [0.5, 0.6) is 0 Å². The molecular weight excluding hydrogens is 431 g/mol. The molecule has 2 aliphatic rings. The Morgan fingerprint density at radius 2 is 1.76 bits per heavy atom. The lowest BCUT2D eigenvalue weighted by molar-refractivity contribution is 0.0674. The second-order valence-corrected chi connectivity index (χ2v) is 6.55. The van der Waals surface area contributed by atoms with Gasteiger partial charge in [-0.3, -0.25) is 4.90 Å². The van der Waals surface area contributed by atoms with Gasteiger partial charge in [0.25, 0.3) is 0 Å². The van der Waals surface area contributed by atoms with Crippen molar-refractivity contribution in [1.82, 2.24) is 9.80 Å². The van der Waals surface area contributed by atoms with Gasteiger partial charge in [-0.25, -0.2) is 4.99 Å². The van der Waals surface area contributed by atoms with E-state index in [1.54, 1.807) is 0 Å². The van der Waals surface area contributed by atoms with Gasteiger partial charge in [-0.15, -0.1) is 24.0 Å². The maximum Gasteiger partial charge on any atom is 0.191 e. The number of rotatable bonds is 4. The first kappa shape index (κ1) is 20.4. The summed E-state index contributed by atoms with van der Waals surface area (Å²) in [5.74, 6) is 0.606. The lowest BCUT2D eigenvalue weighted by atomic mass is 10.0. The maximum atomic E-state index is 9.64. The van der Waals surface area contributed by atoms with Gasteiger partial charge < -0.3 is 20.5 Å². The molecule has 0 unspecified atom stereocenters. The number of aliphatic hydroxyl groups is 1. The van der Waals surface area contributed by atoms with Crippen molar-refractivity contribution in [3.05, 3.63) is 35.4 Å². The number of guanidine groups is 1. The highest BCUT2D eigenvalue weighted by molar-refractivity contribution is 14.0. The van der Waals surface area contributed by atoms with Crippen molar-refractivity contribution in [2.24, 2.45) is 10.7 Å². The minimum Gasteiger partial charge on any atom is -0.393 e. The highest BCUT2D eigenvalue weighted by Crippen LogP contribution is 2.17. The van der Waals surface area contributed by atoms with Crippen LogP contribution in [0.1, 0.15) is 24.0 Å². The normalized spacial score (nSPS) is 20.4. The highest BCUT2D eigenvalue weighted by atomic mass is 127. The predicted molar refractivity (Wildman–Crippen MR) is 110 cm³/mol. The number of halogens is 1. The molecule has 2 saturated heterocycles. The fourth-order valence-electron chi connectivity index (χ4n) is 3.24. The van der Waals surface area contributed by atoms with E-state index in [0.29, 0.717) is 25.7 Å². The predicted octanol–water partition coefficient (Wildman–Crippen LogP) is 1.41. The molecule has 3 N–H and O–H groups in total. The number of hydrogen-bond acceptors (Lipinski definition) is 4. The summed E-state index contributed by atoms with van der Waals surface area (Å²) in [7, 11) is 0. The Hall–Kier alpha value is -0.900. The van der Waals surface area contributed by atoms with Gasteiger partial charge in [0.15, 0.2) is 5.96 Å². The second-order valence-electron chi connectivity index (χ2n) is 6.55. The number of piperidine rings is 1. The van der Waals surface area contributed by atoms with Crippen LogP contribution in [-0.4, -0.2) is 66.4 Å². The van der Waals surface area contributed by atoms with E-state index in [-0.39, 0.29) is 30.1 Å². The summed E-state index contributed by atoms with van der Waals surface area (Å²) in [6, 6.07) is 8.43. The third kappa shape index (κ3) is 6.09. The van der Waals surface area contributed by atoms with Crippen LogP contribution in [0.25, 0.3) is 0 Å². The molecule has 0 radical (unpaired) electrons. The number of aliphatic imine (C=N–C) groups is 1. The molecule has 0 spiro atoms. The Balaban J connectivity index is 0.00000225. The number of nitrogens with zero attached hydrogens (tertiary/aromatic N) is 3. The molecule has 25 heavy (non-hydrogen) atoms. The molecule has 2 aliphatic heterocycles. The summed E-state index contributed by atoms with van der Waals surface area (Å²) >= 11 is 0. The maximum absolute atomic E-state index is 9.64. The number of hydrogen-bond donors (Lipinski definition) is 2. The van der Waals surface area contributed by atoms with Crippen molar-refractivity contribution in [3.8, 4) is 0 Å². The fourth-order valence-corrected chi connectivity index (χ4v) is 3.24. The van der Waals surface area contributed by atoms with Crippen LogP contribution in [0.2, 0.25) is 0 Å².